The second-order valence-electron chi connectivity index (χ2n) is 5.20. The lowest BCUT2D eigenvalue weighted by atomic mass is 10.1. The molecule has 0 saturated carbocycles. The molecule has 1 heterocycles. The maximum absolute atomic E-state index is 12.4. The van der Waals surface area contributed by atoms with Crippen molar-refractivity contribution in [2.75, 3.05) is 31.9 Å². The van der Waals surface area contributed by atoms with E-state index < -0.39 is 10.0 Å². The van der Waals surface area contributed by atoms with Crippen molar-refractivity contribution < 1.29 is 13.2 Å². The van der Waals surface area contributed by atoms with Gasteiger partial charge in [0.15, 0.2) is 0 Å². The maximum Gasteiger partial charge on any atom is 0.253 e. The van der Waals surface area contributed by atoms with Gasteiger partial charge in [0.1, 0.15) is 0 Å². The van der Waals surface area contributed by atoms with E-state index in [-0.39, 0.29) is 11.7 Å². The van der Waals surface area contributed by atoms with E-state index in [0.717, 1.165) is 0 Å². The largest absolute Gasteiger partial charge is 0.336 e. The van der Waals surface area contributed by atoms with Crippen LogP contribution in [0.25, 0.3) is 0 Å². The van der Waals surface area contributed by atoms with Gasteiger partial charge in [-0.05, 0) is 24.6 Å². The molecule has 118 valence electrons. The Balaban J connectivity index is 2.02. The number of piperazine rings is 1. The molecule has 0 spiro atoms. The number of carbonyl (C=O) groups is 1. The van der Waals surface area contributed by atoms with Gasteiger partial charge in [0.25, 0.3) is 5.91 Å². The van der Waals surface area contributed by atoms with Gasteiger partial charge in [0.05, 0.1) is 17.4 Å². The van der Waals surface area contributed by atoms with Crippen molar-refractivity contribution in [3.8, 4) is 6.07 Å². The van der Waals surface area contributed by atoms with Crippen LogP contribution in [-0.2, 0) is 10.0 Å². The molecule has 6 nitrogen and oxygen atoms in total. The lowest BCUT2D eigenvalue weighted by Crippen LogP contribution is -2.51. The molecule has 0 unspecified atom stereocenters. The first-order valence-electron chi connectivity index (χ1n) is 7.25. The number of carbonyl (C=O) groups excluding carboxylic acids is 1. The van der Waals surface area contributed by atoms with E-state index in [9.17, 15) is 13.2 Å². The predicted octanol–water partition coefficient (Wildman–Crippen LogP) is 1.06. The maximum atomic E-state index is 12.4. The molecule has 0 bridgehead atoms. The van der Waals surface area contributed by atoms with Gasteiger partial charge in [-0.25, -0.2) is 8.42 Å². The lowest BCUT2D eigenvalue weighted by Gasteiger charge is -2.34. The van der Waals surface area contributed by atoms with Crippen LogP contribution in [0.15, 0.2) is 24.3 Å². The summed E-state index contributed by atoms with van der Waals surface area (Å²) in [5, 5.41) is 8.88. The molecular formula is C15H19N3O3S. The number of hydrogen-bond acceptors (Lipinski definition) is 4. The molecule has 1 fully saturated rings. The fourth-order valence-corrected chi connectivity index (χ4v) is 3.95. The minimum Gasteiger partial charge on any atom is -0.336 e. The van der Waals surface area contributed by atoms with Gasteiger partial charge in [-0.3, -0.25) is 4.79 Å². The summed E-state index contributed by atoms with van der Waals surface area (Å²) in [5.41, 5.74) is 0.902. The number of amides is 1. The molecule has 0 radical (unpaired) electrons. The van der Waals surface area contributed by atoms with Crippen molar-refractivity contribution in [2.45, 2.75) is 13.3 Å². The standard InChI is InChI=1S/C15H19N3O3S/c1-2-10-22(20,21)18-8-6-17(7-9-18)15(19)14-5-3-4-13(11-14)12-16/h3-5,11H,2,6-10H2,1H3. The Bertz CT molecular complexity index is 686. The van der Waals surface area contributed by atoms with E-state index in [0.29, 0.717) is 43.7 Å². The minimum absolute atomic E-state index is 0.144. The number of sulfonamides is 1. The molecule has 1 saturated heterocycles. The quantitative estimate of drug-likeness (QED) is 0.830. The average Bonchev–Trinajstić information content (AvgIpc) is 2.54. The summed E-state index contributed by atoms with van der Waals surface area (Å²) in [7, 11) is -3.21. The number of hydrogen-bond donors (Lipinski definition) is 0. The van der Waals surface area contributed by atoms with Crippen molar-refractivity contribution in [1.29, 1.82) is 5.26 Å². The molecule has 0 atom stereocenters. The van der Waals surface area contributed by atoms with Crippen LogP contribution in [0.1, 0.15) is 29.3 Å². The van der Waals surface area contributed by atoms with E-state index in [2.05, 4.69) is 0 Å². The van der Waals surface area contributed by atoms with Crippen LogP contribution in [-0.4, -0.2) is 55.5 Å². The smallest absolute Gasteiger partial charge is 0.253 e. The molecule has 0 aliphatic carbocycles. The number of nitrogens with zero attached hydrogens (tertiary/aromatic N) is 3. The molecule has 1 aromatic rings. The highest BCUT2D eigenvalue weighted by molar-refractivity contribution is 7.89. The van der Waals surface area contributed by atoms with Crippen LogP contribution >= 0.6 is 0 Å². The molecule has 1 aliphatic rings. The van der Waals surface area contributed by atoms with Crippen molar-refractivity contribution in [3.05, 3.63) is 35.4 Å². The van der Waals surface area contributed by atoms with Crippen molar-refractivity contribution in [3.63, 3.8) is 0 Å². The van der Waals surface area contributed by atoms with E-state index in [1.165, 1.54) is 4.31 Å². The average molecular weight is 321 g/mol. The first-order chi connectivity index (χ1) is 10.5. The van der Waals surface area contributed by atoms with E-state index in [1.807, 2.05) is 13.0 Å². The van der Waals surface area contributed by atoms with Gasteiger partial charge >= 0.3 is 0 Å². The summed E-state index contributed by atoms with van der Waals surface area (Å²) in [5.74, 6) is -0.0184. The van der Waals surface area contributed by atoms with E-state index in [1.54, 1.807) is 29.2 Å². The first kappa shape index (κ1) is 16.5. The first-order valence-corrected chi connectivity index (χ1v) is 8.86. The Morgan fingerprint density at radius 2 is 1.95 bits per heavy atom. The highest BCUT2D eigenvalue weighted by atomic mass is 32.2. The Labute approximate surface area is 131 Å². The minimum atomic E-state index is -3.21. The SMILES string of the molecule is CCCS(=O)(=O)N1CCN(C(=O)c2cccc(C#N)c2)CC1. The molecule has 0 aromatic heterocycles. The van der Waals surface area contributed by atoms with Crippen molar-refractivity contribution in [1.82, 2.24) is 9.21 Å². The Morgan fingerprint density at radius 3 is 2.55 bits per heavy atom. The summed E-state index contributed by atoms with van der Waals surface area (Å²) in [6.45, 7) is 3.23. The number of rotatable bonds is 4. The third kappa shape index (κ3) is 3.64. The highest BCUT2D eigenvalue weighted by Crippen LogP contribution is 2.13. The van der Waals surface area contributed by atoms with Crippen molar-refractivity contribution >= 4 is 15.9 Å². The molecule has 1 amide bonds. The molecular weight excluding hydrogens is 302 g/mol. The topological polar surface area (TPSA) is 81.5 Å². The van der Waals surface area contributed by atoms with Crippen LogP contribution in [0.2, 0.25) is 0 Å². The summed E-state index contributed by atoms with van der Waals surface area (Å²) in [6, 6.07) is 8.56. The fourth-order valence-electron chi connectivity index (χ4n) is 2.46. The zero-order chi connectivity index (χ0) is 16.2. The molecule has 1 aliphatic heterocycles. The molecule has 2 rings (SSSR count). The monoisotopic (exact) mass is 321 g/mol. The number of nitriles is 1. The second-order valence-corrected chi connectivity index (χ2v) is 7.29. The predicted molar refractivity (Wildman–Crippen MR) is 82.7 cm³/mol. The van der Waals surface area contributed by atoms with E-state index >= 15 is 0 Å². The van der Waals surface area contributed by atoms with Crippen molar-refractivity contribution in [2.24, 2.45) is 0 Å². The zero-order valence-electron chi connectivity index (χ0n) is 12.5. The Hall–Kier alpha value is -1.91. The normalized spacial score (nSPS) is 16.3. The number of benzene rings is 1. The fraction of sp³-hybridized carbons (Fsp3) is 0.467. The van der Waals surface area contributed by atoms with Crippen LogP contribution < -0.4 is 0 Å². The van der Waals surface area contributed by atoms with Gasteiger partial charge in [-0.2, -0.15) is 9.57 Å². The Kier molecular flexibility index (Phi) is 5.16. The van der Waals surface area contributed by atoms with Crippen LogP contribution in [0.3, 0.4) is 0 Å². The van der Waals surface area contributed by atoms with Gasteiger partial charge < -0.3 is 4.90 Å². The highest BCUT2D eigenvalue weighted by Gasteiger charge is 2.28. The zero-order valence-corrected chi connectivity index (χ0v) is 13.3. The van der Waals surface area contributed by atoms with Crippen LogP contribution in [0.4, 0.5) is 0 Å². The van der Waals surface area contributed by atoms with Crippen LogP contribution in [0.5, 0.6) is 0 Å². The molecule has 1 aromatic carbocycles. The van der Waals surface area contributed by atoms with Gasteiger partial charge in [-0.15, -0.1) is 0 Å². The lowest BCUT2D eigenvalue weighted by molar-refractivity contribution is 0.0698. The van der Waals surface area contributed by atoms with Gasteiger partial charge in [0.2, 0.25) is 10.0 Å². The molecule has 7 heteroatoms. The summed E-state index contributed by atoms with van der Waals surface area (Å²) >= 11 is 0. The van der Waals surface area contributed by atoms with Gasteiger partial charge in [0, 0.05) is 31.7 Å². The summed E-state index contributed by atoms with van der Waals surface area (Å²) in [6.07, 6.45) is 0.586. The second kappa shape index (κ2) is 6.90. The molecule has 22 heavy (non-hydrogen) atoms. The molecule has 0 N–H and O–H groups in total. The third-order valence-electron chi connectivity index (χ3n) is 3.62. The third-order valence-corrected chi connectivity index (χ3v) is 5.70. The summed E-state index contributed by atoms with van der Waals surface area (Å²) in [4.78, 5) is 14.0. The Morgan fingerprint density at radius 1 is 1.27 bits per heavy atom. The van der Waals surface area contributed by atoms with Crippen LogP contribution in [0, 0.1) is 11.3 Å². The summed E-state index contributed by atoms with van der Waals surface area (Å²) < 4.78 is 25.5. The van der Waals surface area contributed by atoms with Gasteiger partial charge in [-0.1, -0.05) is 13.0 Å². The van der Waals surface area contributed by atoms with E-state index in [4.69, 9.17) is 5.26 Å².